The third-order valence-electron chi connectivity index (χ3n) is 6.04. The summed E-state index contributed by atoms with van der Waals surface area (Å²) in [4.78, 5) is 32.6. The van der Waals surface area contributed by atoms with E-state index in [1.165, 1.54) is 11.3 Å². The lowest BCUT2D eigenvalue weighted by atomic mass is 10.0. The van der Waals surface area contributed by atoms with Crippen LogP contribution in [0, 0.1) is 6.92 Å². The van der Waals surface area contributed by atoms with Crippen molar-refractivity contribution >= 4 is 50.5 Å². The number of likely N-dealkylation sites (N-methyl/N-ethyl adjacent to an activating group) is 1. The predicted molar refractivity (Wildman–Crippen MR) is 132 cm³/mol. The minimum Gasteiger partial charge on any atom is -0.478 e. The Morgan fingerprint density at radius 3 is 2.56 bits per heavy atom. The Kier molecular flexibility index (Phi) is 5.59. The van der Waals surface area contributed by atoms with Gasteiger partial charge in [0.15, 0.2) is 10.8 Å². The van der Waals surface area contributed by atoms with Crippen molar-refractivity contribution in [1.82, 2.24) is 9.80 Å². The number of aryl methyl sites for hydroxylation is 1. The molecule has 1 fully saturated rings. The fourth-order valence-corrected chi connectivity index (χ4v) is 5.27. The number of carboxylic acids is 2. The maximum Gasteiger partial charge on any atom is 0.336 e. The van der Waals surface area contributed by atoms with Crippen molar-refractivity contribution in [2.45, 2.75) is 6.92 Å². The molecule has 5 rings (SSSR count). The van der Waals surface area contributed by atoms with Crippen molar-refractivity contribution < 1.29 is 24.5 Å². The van der Waals surface area contributed by atoms with Crippen LogP contribution in [-0.2, 0) is 9.59 Å². The van der Waals surface area contributed by atoms with Crippen molar-refractivity contribution in [3.63, 3.8) is 0 Å². The standard InChI is InChI=1S/C25H23N3O5S/c1-14-3-5-18-19(11-14)33-25-22(23(26-18)28-9-7-27(2)8-10-28)17-12-15(4-6-20(17)34-25)16(24(31)32)13-21(29)30/h3-6,11-13H,7-10H2,1-2H3,(H,29,30)(H,31,32). The van der Waals surface area contributed by atoms with Gasteiger partial charge in [0.2, 0.25) is 0 Å². The van der Waals surface area contributed by atoms with E-state index < -0.39 is 11.9 Å². The minimum absolute atomic E-state index is 0.277. The predicted octanol–water partition coefficient (Wildman–Crippen LogP) is 4.19. The molecule has 0 saturated carbocycles. The Balaban J connectivity index is 1.72. The summed E-state index contributed by atoms with van der Waals surface area (Å²) in [6.07, 6.45) is 0.721. The summed E-state index contributed by atoms with van der Waals surface area (Å²) in [6, 6.07) is 11.1. The highest BCUT2D eigenvalue weighted by Gasteiger charge is 2.29. The van der Waals surface area contributed by atoms with Gasteiger partial charge in [-0.1, -0.05) is 23.5 Å². The van der Waals surface area contributed by atoms with Gasteiger partial charge in [-0.3, -0.25) is 0 Å². The number of hydrogen-bond acceptors (Lipinski definition) is 7. The number of rotatable bonds is 3. The zero-order chi connectivity index (χ0) is 24.0. The van der Waals surface area contributed by atoms with Crippen LogP contribution in [0.3, 0.4) is 0 Å². The van der Waals surface area contributed by atoms with E-state index in [2.05, 4.69) is 16.8 Å². The largest absolute Gasteiger partial charge is 0.478 e. The maximum absolute atomic E-state index is 11.8. The zero-order valence-electron chi connectivity index (χ0n) is 18.7. The van der Waals surface area contributed by atoms with Gasteiger partial charge in [0.05, 0.1) is 11.1 Å². The van der Waals surface area contributed by atoms with Crippen LogP contribution in [0.2, 0.25) is 0 Å². The Labute approximate surface area is 200 Å². The van der Waals surface area contributed by atoms with Gasteiger partial charge in [0.1, 0.15) is 11.5 Å². The number of amidine groups is 1. The fourth-order valence-electron chi connectivity index (χ4n) is 4.23. The van der Waals surface area contributed by atoms with E-state index in [0.717, 1.165) is 65.0 Å². The second-order valence-corrected chi connectivity index (χ2v) is 9.49. The summed E-state index contributed by atoms with van der Waals surface area (Å²) in [7, 11) is 2.09. The van der Waals surface area contributed by atoms with Crippen LogP contribution in [0.4, 0.5) is 5.69 Å². The van der Waals surface area contributed by atoms with E-state index in [-0.39, 0.29) is 5.57 Å². The van der Waals surface area contributed by atoms with Gasteiger partial charge in [0.25, 0.3) is 0 Å². The fraction of sp³-hybridized carbons (Fsp3) is 0.240. The molecule has 8 nitrogen and oxygen atoms in total. The average Bonchev–Trinajstić information content (AvgIpc) is 3.06. The number of aliphatic carboxylic acids is 2. The summed E-state index contributed by atoms with van der Waals surface area (Å²) < 4.78 is 7.27. The molecule has 1 aromatic heterocycles. The lowest BCUT2D eigenvalue weighted by Gasteiger charge is -2.34. The number of carbonyl (C=O) groups is 2. The highest BCUT2D eigenvalue weighted by molar-refractivity contribution is 7.21. The van der Waals surface area contributed by atoms with Crippen molar-refractivity contribution in [1.29, 1.82) is 0 Å². The summed E-state index contributed by atoms with van der Waals surface area (Å²) in [5.41, 5.74) is 2.65. The second kappa shape index (κ2) is 8.58. The summed E-state index contributed by atoms with van der Waals surface area (Å²) in [6.45, 7) is 5.39. The number of nitrogens with zero attached hydrogens (tertiary/aromatic N) is 3. The molecular formula is C25H23N3O5S. The van der Waals surface area contributed by atoms with Crippen molar-refractivity contribution in [3.8, 4) is 10.8 Å². The number of hydrogen-bond donors (Lipinski definition) is 2. The van der Waals surface area contributed by atoms with E-state index in [9.17, 15) is 14.7 Å². The van der Waals surface area contributed by atoms with E-state index in [0.29, 0.717) is 16.4 Å². The molecule has 2 aliphatic heterocycles. The highest BCUT2D eigenvalue weighted by atomic mass is 32.1. The molecule has 9 heteroatoms. The van der Waals surface area contributed by atoms with Crippen molar-refractivity contribution in [3.05, 3.63) is 59.2 Å². The monoisotopic (exact) mass is 477 g/mol. The topological polar surface area (TPSA) is 103 Å². The number of piperazine rings is 1. The molecule has 0 unspecified atom stereocenters. The highest BCUT2D eigenvalue weighted by Crippen LogP contribution is 2.46. The molecule has 0 spiro atoms. The van der Waals surface area contributed by atoms with Gasteiger partial charge in [-0.2, -0.15) is 0 Å². The van der Waals surface area contributed by atoms with Gasteiger partial charge in [-0.25, -0.2) is 14.6 Å². The number of carboxylic acid groups (broad SMARTS) is 2. The van der Waals surface area contributed by atoms with E-state index in [1.807, 2.05) is 31.2 Å². The van der Waals surface area contributed by atoms with Crippen LogP contribution < -0.4 is 4.74 Å². The lowest BCUT2D eigenvalue weighted by molar-refractivity contribution is -0.133. The molecule has 1 saturated heterocycles. The van der Waals surface area contributed by atoms with Crippen LogP contribution in [0.25, 0.3) is 15.7 Å². The first-order valence-corrected chi connectivity index (χ1v) is 11.7. The molecule has 2 aliphatic rings. The molecule has 2 aromatic carbocycles. The molecule has 34 heavy (non-hydrogen) atoms. The smallest absolute Gasteiger partial charge is 0.336 e. The molecule has 0 aliphatic carbocycles. The SMILES string of the molecule is Cc1ccc2c(c1)Oc1sc3ccc(C(=CC(=O)O)C(=O)O)cc3c1C(N1CCN(C)CC1)=N2. The number of ether oxygens (including phenoxy) is 1. The van der Waals surface area contributed by atoms with Crippen LogP contribution >= 0.6 is 11.3 Å². The first-order chi connectivity index (χ1) is 16.3. The molecule has 0 amide bonds. The van der Waals surface area contributed by atoms with Gasteiger partial charge < -0.3 is 24.7 Å². The van der Waals surface area contributed by atoms with Crippen molar-refractivity contribution in [2.24, 2.45) is 4.99 Å². The van der Waals surface area contributed by atoms with Gasteiger partial charge in [0, 0.05) is 42.3 Å². The van der Waals surface area contributed by atoms with Crippen LogP contribution in [0.5, 0.6) is 10.8 Å². The minimum atomic E-state index is -1.31. The first-order valence-electron chi connectivity index (χ1n) is 10.9. The van der Waals surface area contributed by atoms with Crippen LogP contribution in [0.1, 0.15) is 16.7 Å². The third kappa shape index (κ3) is 4.04. The van der Waals surface area contributed by atoms with Crippen LogP contribution in [0.15, 0.2) is 47.5 Å². The molecule has 0 bridgehead atoms. The molecule has 2 N–H and O–H groups in total. The third-order valence-corrected chi connectivity index (χ3v) is 7.08. The number of aliphatic imine (C=N–C) groups is 1. The summed E-state index contributed by atoms with van der Waals surface area (Å²) in [5.74, 6) is -1.15. The van der Waals surface area contributed by atoms with Crippen LogP contribution in [-0.4, -0.2) is 71.0 Å². The molecule has 3 heterocycles. The summed E-state index contributed by atoms with van der Waals surface area (Å²) in [5, 5.41) is 20.3. The summed E-state index contributed by atoms with van der Waals surface area (Å²) >= 11 is 1.47. The number of thiophene rings is 1. The van der Waals surface area contributed by atoms with Crippen molar-refractivity contribution in [2.75, 3.05) is 33.2 Å². The van der Waals surface area contributed by atoms with E-state index >= 15 is 0 Å². The van der Waals surface area contributed by atoms with E-state index in [4.69, 9.17) is 14.8 Å². The molecule has 0 atom stereocenters. The molecule has 0 radical (unpaired) electrons. The lowest BCUT2D eigenvalue weighted by Crippen LogP contribution is -2.47. The first kappa shape index (κ1) is 22.1. The molecule has 174 valence electrons. The normalized spacial score (nSPS) is 16.4. The van der Waals surface area contributed by atoms with Gasteiger partial charge in [-0.05, 0) is 49.4 Å². The number of fused-ring (bicyclic) bond motifs is 4. The van der Waals surface area contributed by atoms with Gasteiger partial charge in [-0.15, -0.1) is 0 Å². The quantitative estimate of drug-likeness (QED) is 0.545. The Morgan fingerprint density at radius 2 is 1.85 bits per heavy atom. The number of benzene rings is 2. The second-order valence-electron chi connectivity index (χ2n) is 8.48. The average molecular weight is 478 g/mol. The Bertz CT molecular complexity index is 1380. The molecular weight excluding hydrogens is 454 g/mol. The van der Waals surface area contributed by atoms with E-state index in [1.54, 1.807) is 12.1 Å². The Morgan fingerprint density at radius 1 is 1.09 bits per heavy atom. The van der Waals surface area contributed by atoms with Gasteiger partial charge >= 0.3 is 11.9 Å². The maximum atomic E-state index is 11.8. The zero-order valence-corrected chi connectivity index (χ0v) is 19.6. The Hall–Kier alpha value is -3.69. The molecule has 3 aromatic rings.